The van der Waals surface area contributed by atoms with Crippen molar-refractivity contribution in [2.24, 2.45) is 0 Å². The number of aromatic nitrogens is 2. The summed E-state index contributed by atoms with van der Waals surface area (Å²) in [6.45, 7) is 0.310. The molecule has 1 aromatic heterocycles. The maximum atomic E-state index is 8.54. The molecule has 0 atom stereocenters. The van der Waals surface area contributed by atoms with Crippen LogP contribution in [-0.4, -0.2) is 9.78 Å². The van der Waals surface area contributed by atoms with Crippen LogP contribution in [0.5, 0.6) is 0 Å². The normalized spacial score (nSPS) is 10.2. The Morgan fingerprint density at radius 1 is 1.54 bits per heavy atom. The second-order valence-electron chi connectivity index (χ2n) is 2.66. The van der Waals surface area contributed by atoms with Crippen LogP contribution in [0.3, 0.4) is 0 Å². The summed E-state index contributed by atoms with van der Waals surface area (Å²) in [4.78, 5) is 0. The molecular weight excluding hydrogens is 277 g/mol. The Labute approximate surface area is 89.1 Å². The molecule has 2 aromatic rings. The molecule has 0 bridgehead atoms. The predicted molar refractivity (Wildman–Crippen MR) is 58.1 cm³/mol. The topological polar surface area (TPSA) is 41.6 Å². The van der Waals surface area contributed by atoms with Gasteiger partial charge in [0.15, 0.2) is 0 Å². The Bertz CT molecular complexity index is 481. The maximum Gasteiger partial charge on any atom is 0.128 e. The number of nitrogens with zero attached hydrogens (tertiary/aromatic N) is 3. The first-order valence-corrected chi connectivity index (χ1v) is 4.87. The van der Waals surface area contributed by atoms with Crippen molar-refractivity contribution in [2.75, 3.05) is 0 Å². The zero-order valence-electron chi connectivity index (χ0n) is 6.74. The molecular formula is C9H6IN3. The lowest BCUT2D eigenvalue weighted by molar-refractivity contribution is 0.736. The Balaban J connectivity index is 2.63. The van der Waals surface area contributed by atoms with Crippen LogP contribution in [0.4, 0.5) is 0 Å². The molecule has 3 nitrogen and oxygen atoms in total. The van der Waals surface area contributed by atoms with E-state index in [1.54, 1.807) is 10.9 Å². The van der Waals surface area contributed by atoms with Crippen molar-refractivity contribution in [1.29, 1.82) is 5.26 Å². The zero-order chi connectivity index (χ0) is 9.26. The molecule has 1 aromatic carbocycles. The SMILES string of the molecule is N#CCn1ncc2cc(I)ccc21. The summed E-state index contributed by atoms with van der Waals surface area (Å²) in [7, 11) is 0. The van der Waals surface area contributed by atoms with Crippen LogP contribution in [-0.2, 0) is 6.54 Å². The van der Waals surface area contributed by atoms with Gasteiger partial charge in [0.05, 0.1) is 17.8 Å². The molecule has 2 rings (SSSR count). The first kappa shape index (κ1) is 8.51. The number of fused-ring (bicyclic) bond motifs is 1. The standard InChI is InChI=1S/C9H6IN3/c10-8-1-2-9-7(5-8)6-12-13(9)4-3-11/h1-2,5-6H,4H2. The van der Waals surface area contributed by atoms with Gasteiger partial charge in [0.1, 0.15) is 6.54 Å². The van der Waals surface area contributed by atoms with E-state index in [1.165, 1.54) is 3.57 Å². The monoisotopic (exact) mass is 283 g/mol. The lowest BCUT2D eigenvalue weighted by Crippen LogP contribution is -1.96. The van der Waals surface area contributed by atoms with Crippen molar-refractivity contribution >= 4 is 33.5 Å². The van der Waals surface area contributed by atoms with Crippen LogP contribution in [0.15, 0.2) is 24.4 Å². The summed E-state index contributed by atoms with van der Waals surface area (Å²) in [6, 6.07) is 8.13. The first-order chi connectivity index (χ1) is 6.31. The smallest absolute Gasteiger partial charge is 0.128 e. The summed E-state index contributed by atoms with van der Waals surface area (Å²) in [5, 5.41) is 13.7. The van der Waals surface area contributed by atoms with Crippen LogP contribution in [0, 0.1) is 14.9 Å². The summed E-state index contributed by atoms with van der Waals surface area (Å²) >= 11 is 2.26. The highest BCUT2D eigenvalue weighted by Crippen LogP contribution is 2.16. The Kier molecular flexibility index (Phi) is 2.19. The lowest BCUT2D eigenvalue weighted by Gasteiger charge is -1.95. The van der Waals surface area contributed by atoms with E-state index < -0.39 is 0 Å². The summed E-state index contributed by atoms with van der Waals surface area (Å²) in [6.07, 6.45) is 1.79. The molecule has 0 amide bonds. The molecule has 0 saturated carbocycles. The molecule has 13 heavy (non-hydrogen) atoms. The van der Waals surface area contributed by atoms with Gasteiger partial charge in [-0.05, 0) is 40.8 Å². The number of hydrogen-bond acceptors (Lipinski definition) is 2. The van der Waals surface area contributed by atoms with E-state index in [4.69, 9.17) is 5.26 Å². The van der Waals surface area contributed by atoms with Gasteiger partial charge < -0.3 is 0 Å². The maximum absolute atomic E-state index is 8.54. The van der Waals surface area contributed by atoms with Crippen LogP contribution in [0.2, 0.25) is 0 Å². The molecule has 4 heteroatoms. The molecule has 0 aliphatic carbocycles. The fourth-order valence-electron chi connectivity index (χ4n) is 1.25. The molecule has 0 aliphatic rings. The van der Waals surface area contributed by atoms with E-state index in [0.717, 1.165) is 10.9 Å². The van der Waals surface area contributed by atoms with Crippen molar-refractivity contribution in [3.63, 3.8) is 0 Å². The van der Waals surface area contributed by atoms with E-state index in [1.807, 2.05) is 12.1 Å². The lowest BCUT2D eigenvalue weighted by atomic mass is 10.3. The van der Waals surface area contributed by atoms with Crippen molar-refractivity contribution in [3.05, 3.63) is 28.0 Å². The van der Waals surface area contributed by atoms with Gasteiger partial charge in [-0.25, -0.2) is 0 Å². The van der Waals surface area contributed by atoms with Crippen molar-refractivity contribution in [2.45, 2.75) is 6.54 Å². The van der Waals surface area contributed by atoms with Crippen LogP contribution in [0.1, 0.15) is 0 Å². The van der Waals surface area contributed by atoms with E-state index in [2.05, 4.69) is 39.8 Å². The van der Waals surface area contributed by atoms with Crippen molar-refractivity contribution in [1.82, 2.24) is 9.78 Å². The molecule has 0 fully saturated rings. The Hall–Kier alpha value is -1.09. The third kappa shape index (κ3) is 1.52. The number of rotatable bonds is 1. The highest BCUT2D eigenvalue weighted by Gasteiger charge is 2.01. The molecule has 1 heterocycles. The minimum atomic E-state index is 0.310. The molecule has 64 valence electrons. The van der Waals surface area contributed by atoms with Gasteiger partial charge in [0.2, 0.25) is 0 Å². The minimum Gasteiger partial charge on any atom is -0.251 e. The Morgan fingerprint density at radius 3 is 3.15 bits per heavy atom. The van der Waals surface area contributed by atoms with Crippen molar-refractivity contribution in [3.8, 4) is 6.07 Å². The van der Waals surface area contributed by atoms with Gasteiger partial charge in [-0.3, -0.25) is 4.68 Å². The second-order valence-corrected chi connectivity index (χ2v) is 3.91. The molecule has 0 aliphatic heterocycles. The van der Waals surface area contributed by atoms with Gasteiger partial charge in [-0.15, -0.1) is 0 Å². The number of benzene rings is 1. The zero-order valence-corrected chi connectivity index (χ0v) is 8.89. The fraction of sp³-hybridized carbons (Fsp3) is 0.111. The van der Waals surface area contributed by atoms with Gasteiger partial charge in [0.25, 0.3) is 0 Å². The molecule has 0 N–H and O–H groups in total. The third-order valence-corrected chi connectivity index (χ3v) is 2.50. The summed E-state index contributed by atoms with van der Waals surface area (Å²) in [5.74, 6) is 0. The highest BCUT2D eigenvalue weighted by molar-refractivity contribution is 14.1. The van der Waals surface area contributed by atoms with Gasteiger partial charge in [-0.2, -0.15) is 10.4 Å². The number of nitriles is 1. The molecule has 0 saturated heterocycles. The average molecular weight is 283 g/mol. The molecule has 0 spiro atoms. The van der Waals surface area contributed by atoms with E-state index in [-0.39, 0.29) is 0 Å². The molecule has 0 unspecified atom stereocenters. The van der Waals surface area contributed by atoms with Crippen LogP contribution >= 0.6 is 22.6 Å². The van der Waals surface area contributed by atoms with Gasteiger partial charge in [0, 0.05) is 8.96 Å². The minimum absolute atomic E-state index is 0.310. The number of halogens is 1. The highest BCUT2D eigenvalue weighted by atomic mass is 127. The van der Waals surface area contributed by atoms with Gasteiger partial charge in [-0.1, -0.05) is 0 Å². The van der Waals surface area contributed by atoms with E-state index >= 15 is 0 Å². The summed E-state index contributed by atoms with van der Waals surface area (Å²) < 4.78 is 2.88. The second kappa shape index (κ2) is 3.34. The predicted octanol–water partition coefficient (Wildman–Crippen LogP) is 2.16. The van der Waals surface area contributed by atoms with Crippen molar-refractivity contribution < 1.29 is 0 Å². The van der Waals surface area contributed by atoms with Crippen LogP contribution < -0.4 is 0 Å². The first-order valence-electron chi connectivity index (χ1n) is 3.79. The quantitative estimate of drug-likeness (QED) is 0.753. The molecule has 0 radical (unpaired) electrons. The fourth-order valence-corrected chi connectivity index (χ4v) is 1.77. The van der Waals surface area contributed by atoms with Crippen LogP contribution in [0.25, 0.3) is 10.9 Å². The average Bonchev–Trinajstić information content (AvgIpc) is 2.49. The largest absolute Gasteiger partial charge is 0.251 e. The summed E-state index contributed by atoms with van der Waals surface area (Å²) in [5.41, 5.74) is 1.02. The van der Waals surface area contributed by atoms with E-state index in [0.29, 0.717) is 6.54 Å². The Morgan fingerprint density at radius 2 is 2.38 bits per heavy atom. The van der Waals surface area contributed by atoms with E-state index in [9.17, 15) is 0 Å². The third-order valence-electron chi connectivity index (χ3n) is 1.82. The number of hydrogen-bond donors (Lipinski definition) is 0. The van der Waals surface area contributed by atoms with Gasteiger partial charge >= 0.3 is 0 Å².